The molecule has 0 bridgehead atoms. The summed E-state index contributed by atoms with van der Waals surface area (Å²) in [4.78, 5) is 4.15. The minimum absolute atomic E-state index is 0.936. The van der Waals surface area contributed by atoms with E-state index in [1.807, 2.05) is 39.0 Å². The summed E-state index contributed by atoms with van der Waals surface area (Å²) in [5.74, 6) is 0. The maximum atomic E-state index is 4.15. The molecule has 0 aromatic rings. The van der Waals surface area contributed by atoms with E-state index in [4.69, 9.17) is 0 Å². The summed E-state index contributed by atoms with van der Waals surface area (Å²) in [6.07, 6.45) is 7.64. The van der Waals surface area contributed by atoms with Gasteiger partial charge in [-0.1, -0.05) is 18.7 Å². The average Bonchev–Trinajstić information content (AvgIpc) is 1.97. The molecular weight excluding hydrogens is 134 g/mol. The third-order valence-corrected chi connectivity index (χ3v) is 1.15. The lowest BCUT2D eigenvalue weighted by molar-refractivity contribution is 1.30. The van der Waals surface area contributed by atoms with Crippen molar-refractivity contribution in [1.82, 2.24) is 0 Å². The summed E-state index contributed by atoms with van der Waals surface area (Å²) in [6.45, 7) is 9.63. The van der Waals surface area contributed by atoms with E-state index in [1.165, 1.54) is 0 Å². The Labute approximate surface area is 68.9 Å². The van der Waals surface area contributed by atoms with Crippen molar-refractivity contribution in [3.8, 4) is 0 Å². The molecule has 0 spiro atoms. The van der Waals surface area contributed by atoms with Crippen LogP contribution in [0.25, 0.3) is 0 Å². The first kappa shape index (κ1) is 9.89. The fourth-order valence-corrected chi connectivity index (χ4v) is 0.622. The van der Waals surface area contributed by atoms with E-state index in [0.29, 0.717) is 0 Å². The van der Waals surface area contributed by atoms with Crippen molar-refractivity contribution in [3.05, 3.63) is 36.1 Å². The van der Waals surface area contributed by atoms with Gasteiger partial charge in [0.05, 0.1) is 5.70 Å². The number of aliphatic imine (C=N–C) groups is 1. The molecule has 0 atom stereocenters. The number of hydrogen-bond donors (Lipinski definition) is 0. The predicted molar refractivity (Wildman–Crippen MR) is 51.9 cm³/mol. The fourth-order valence-electron chi connectivity index (χ4n) is 0.622. The SMILES string of the molecule is C=C(C)C(=CC=CC)N=CC. The summed E-state index contributed by atoms with van der Waals surface area (Å²) < 4.78 is 0. The molecule has 0 aromatic carbocycles. The van der Waals surface area contributed by atoms with Crippen LogP contribution in [0.5, 0.6) is 0 Å². The van der Waals surface area contributed by atoms with Crippen molar-refractivity contribution < 1.29 is 0 Å². The second-order valence-electron chi connectivity index (χ2n) is 2.25. The molecule has 0 rings (SSSR count). The Bertz CT molecular complexity index is 207. The molecule has 0 heterocycles. The first-order valence-electron chi connectivity index (χ1n) is 3.70. The van der Waals surface area contributed by atoms with Gasteiger partial charge in [0.15, 0.2) is 0 Å². The molecule has 0 unspecified atom stereocenters. The van der Waals surface area contributed by atoms with E-state index < -0.39 is 0 Å². The minimum Gasteiger partial charge on any atom is -0.261 e. The second-order valence-corrected chi connectivity index (χ2v) is 2.25. The largest absolute Gasteiger partial charge is 0.261 e. The van der Waals surface area contributed by atoms with E-state index in [9.17, 15) is 0 Å². The van der Waals surface area contributed by atoms with Gasteiger partial charge in [-0.2, -0.15) is 0 Å². The fraction of sp³-hybridized carbons (Fsp3) is 0.300. The highest BCUT2D eigenvalue weighted by Gasteiger charge is 1.89. The molecule has 0 N–H and O–H groups in total. The van der Waals surface area contributed by atoms with Crippen LogP contribution in [-0.4, -0.2) is 6.21 Å². The first-order chi connectivity index (χ1) is 5.22. The molecule has 11 heavy (non-hydrogen) atoms. The Balaban J connectivity index is 4.45. The molecule has 0 saturated carbocycles. The summed E-state index contributed by atoms with van der Waals surface area (Å²) in [6, 6.07) is 0. The number of rotatable bonds is 3. The minimum atomic E-state index is 0.936. The van der Waals surface area contributed by atoms with Gasteiger partial charge in [0.1, 0.15) is 0 Å². The third kappa shape index (κ3) is 4.31. The van der Waals surface area contributed by atoms with Gasteiger partial charge in [0, 0.05) is 6.21 Å². The van der Waals surface area contributed by atoms with Crippen molar-refractivity contribution >= 4 is 6.21 Å². The van der Waals surface area contributed by atoms with Crippen LogP contribution in [0.3, 0.4) is 0 Å². The van der Waals surface area contributed by atoms with Gasteiger partial charge in [-0.15, -0.1) is 0 Å². The Morgan fingerprint density at radius 2 is 2.00 bits per heavy atom. The molecule has 0 fully saturated rings. The molecule has 0 amide bonds. The van der Waals surface area contributed by atoms with E-state index in [1.54, 1.807) is 6.21 Å². The third-order valence-electron chi connectivity index (χ3n) is 1.15. The maximum absolute atomic E-state index is 4.15. The molecule has 1 nitrogen and oxygen atoms in total. The predicted octanol–water partition coefficient (Wildman–Crippen LogP) is 3.11. The van der Waals surface area contributed by atoms with E-state index in [0.717, 1.165) is 11.3 Å². The van der Waals surface area contributed by atoms with Crippen molar-refractivity contribution in [3.63, 3.8) is 0 Å². The van der Waals surface area contributed by atoms with Gasteiger partial charge in [0.25, 0.3) is 0 Å². The average molecular weight is 149 g/mol. The van der Waals surface area contributed by atoms with E-state index in [2.05, 4.69) is 11.6 Å². The molecule has 0 aliphatic heterocycles. The lowest BCUT2D eigenvalue weighted by atomic mass is 10.2. The normalized spacial score (nSPS) is 13.2. The summed E-state index contributed by atoms with van der Waals surface area (Å²) in [7, 11) is 0. The van der Waals surface area contributed by atoms with Gasteiger partial charge in [-0.05, 0) is 32.4 Å². The van der Waals surface area contributed by atoms with Crippen molar-refractivity contribution in [2.45, 2.75) is 20.8 Å². The van der Waals surface area contributed by atoms with Crippen molar-refractivity contribution in [1.29, 1.82) is 0 Å². The summed E-state index contributed by atoms with van der Waals surface area (Å²) >= 11 is 0. The molecule has 0 aliphatic rings. The summed E-state index contributed by atoms with van der Waals surface area (Å²) in [5, 5.41) is 0. The van der Waals surface area contributed by atoms with Crippen molar-refractivity contribution in [2.24, 2.45) is 4.99 Å². The van der Waals surface area contributed by atoms with Crippen LogP contribution < -0.4 is 0 Å². The van der Waals surface area contributed by atoms with Crippen LogP contribution in [0, 0.1) is 0 Å². The zero-order valence-corrected chi connectivity index (χ0v) is 7.46. The first-order valence-corrected chi connectivity index (χ1v) is 3.70. The highest BCUT2D eigenvalue weighted by molar-refractivity contribution is 5.57. The van der Waals surface area contributed by atoms with Crippen LogP contribution in [0.1, 0.15) is 20.8 Å². The number of allylic oxidation sites excluding steroid dienone is 4. The van der Waals surface area contributed by atoms with Gasteiger partial charge in [0.2, 0.25) is 0 Å². The lowest BCUT2D eigenvalue weighted by Crippen LogP contribution is -1.78. The van der Waals surface area contributed by atoms with Crippen LogP contribution in [-0.2, 0) is 0 Å². The Kier molecular flexibility index (Phi) is 5.09. The van der Waals surface area contributed by atoms with Gasteiger partial charge < -0.3 is 0 Å². The lowest BCUT2D eigenvalue weighted by Gasteiger charge is -1.95. The van der Waals surface area contributed by atoms with Crippen LogP contribution in [0.4, 0.5) is 0 Å². The molecule has 0 aromatic heterocycles. The number of hydrogen-bond acceptors (Lipinski definition) is 1. The monoisotopic (exact) mass is 149 g/mol. The molecule has 0 aliphatic carbocycles. The van der Waals surface area contributed by atoms with Gasteiger partial charge >= 0.3 is 0 Å². The standard InChI is InChI=1S/C10H15N/c1-5-7-8-10(9(3)4)11-6-2/h5-8H,3H2,1-2,4H3. The van der Waals surface area contributed by atoms with Crippen molar-refractivity contribution in [2.75, 3.05) is 0 Å². The molecular formula is C10H15N. The maximum Gasteiger partial charge on any atom is 0.0648 e. The second kappa shape index (κ2) is 5.66. The summed E-state index contributed by atoms with van der Waals surface area (Å²) in [5.41, 5.74) is 1.92. The smallest absolute Gasteiger partial charge is 0.0648 e. The van der Waals surface area contributed by atoms with Crippen LogP contribution in [0.2, 0.25) is 0 Å². The Hall–Kier alpha value is -1.11. The molecule has 1 heteroatoms. The topological polar surface area (TPSA) is 12.4 Å². The zero-order valence-electron chi connectivity index (χ0n) is 7.46. The highest BCUT2D eigenvalue weighted by Crippen LogP contribution is 2.07. The molecule has 60 valence electrons. The molecule has 0 saturated heterocycles. The van der Waals surface area contributed by atoms with E-state index >= 15 is 0 Å². The van der Waals surface area contributed by atoms with E-state index in [-0.39, 0.29) is 0 Å². The quantitative estimate of drug-likeness (QED) is 0.432. The molecule has 0 radical (unpaired) electrons. The Morgan fingerprint density at radius 1 is 1.36 bits per heavy atom. The zero-order chi connectivity index (χ0) is 8.69. The van der Waals surface area contributed by atoms with Gasteiger partial charge in [-0.25, -0.2) is 0 Å². The van der Waals surface area contributed by atoms with Crippen LogP contribution in [0.15, 0.2) is 41.1 Å². The Morgan fingerprint density at radius 3 is 2.36 bits per heavy atom. The highest BCUT2D eigenvalue weighted by atomic mass is 14.7. The number of nitrogens with zero attached hydrogens (tertiary/aromatic N) is 1. The van der Waals surface area contributed by atoms with Gasteiger partial charge in [-0.3, -0.25) is 4.99 Å². The van der Waals surface area contributed by atoms with Crippen LogP contribution >= 0.6 is 0 Å².